The normalized spacial score (nSPS) is 16.4. The summed E-state index contributed by atoms with van der Waals surface area (Å²) in [7, 11) is 0. The number of anilines is 1. The molecule has 0 aliphatic carbocycles. The third kappa shape index (κ3) is 4.32. The van der Waals surface area contributed by atoms with Crippen LogP contribution in [0.4, 0.5) is 5.13 Å². The Kier molecular flexibility index (Phi) is 5.86. The average molecular weight is 279 g/mol. The van der Waals surface area contributed by atoms with Crippen LogP contribution in [0, 0.1) is 6.92 Å². The second-order valence-electron chi connectivity index (χ2n) is 5.10. The van der Waals surface area contributed by atoms with Crippen molar-refractivity contribution in [3.8, 4) is 0 Å². The highest BCUT2D eigenvalue weighted by Gasteiger charge is 2.15. The lowest BCUT2D eigenvalue weighted by molar-refractivity contribution is 0.576. The Morgan fingerprint density at radius 3 is 2.84 bits per heavy atom. The molecule has 0 atom stereocenters. The van der Waals surface area contributed by atoms with Crippen LogP contribution >= 0.6 is 11.3 Å². The first-order valence-electron chi connectivity index (χ1n) is 7.41. The summed E-state index contributed by atoms with van der Waals surface area (Å²) < 4.78 is 0. The molecular formula is C15H25N3S. The van der Waals surface area contributed by atoms with Gasteiger partial charge >= 0.3 is 0 Å². The minimum atomic E-state index is 0.949. The maximum atomic E-state index is 4.72. The molecule has 1 fully saturated rings. The number of hydrogen-bond acceptors (Lipinski definition) is 4. The SMILES string of the molecule is CCCNCC=Cc1sc(N2CCCCC2)nc1C. The number of thiazole rings is 1. The molecule has 0 aromatic carbocycles. The van der Waals surface area contributed by atoms with Crippen molar-refractivity contribution in [3.63, 3.8) is 0 Å². The first kappa shape index (κ1) is 14.5. The van der Waals surface area contributed by atoms with Gasteiger partial charge in [0, 0.05) is 19.6 Å². The van der Waals surface area contributed by atoms with E-state index in [2.05, 4.69) is 36.2 Å². The van der Waals surface area contributed by atoms with Gasteiger partial charge in [0.2, 0.25) is 0 Å². The van der Waals surface area contributed by atoms with Crippen molar-refractivity contribution in [2.75, 3.05) is 31.1 Å². The van der Waals surface area contributed by atoms with E-state index in [1.165, 1.54) is 48.8 Å². The van der Waals surface area contributed by atoms with Crippen LogP contribution < -0.4 is 10.2 Å². The third-order valence-electron chi connectivity index (χ3n) is 3.41. The molecule has 2 heterocycles. The molecule has 1 aliphatic rings. The third-order valence-corrected chi connectivity index (χ3v) is 4.59. The molecule has 1 aromatic heterocycles. The summed E-state index contributed by atoms with van der Waals surface area (Å²) in [5.41, 5.74) is 1.16. The van der Waals surface area contributed by atoms with Crippen LogP contribution in [0.25, 0.3) is 6.08 Å². The molecule has 0 spiro atoms. The zero-order chi connectivity index (χ0) is 13.5. The monoisotopic (exact) mass is 279 g/mol. The van der Waals surface area contributed by atoms with Gasteiger partial charge in [-0.2, -0.15) is 0 Å². The van der Waals surface area contributed by atoms with E-state index in [1.54, 1.807) is 0 Å². The van der Waals surface area contributed by atoms with Gasteiger partial charge in [0.05, 0.1) is 10.6 Å². The van der Waals surface area contributed by atoms with Crippen LogP contribution in [0.15, 0.2) is 6.08 Å². The van der Waals surface area contributed by atoms with Gasteiger partial charge in [-0.05, 0) is 45.2 Å². The van der Waals surface area contributed by atoms with E-state index < -0.39 is 0 Å². The molecular weight excluding hydrogens is 254 g/mol. The highest BCUT2D eigenvalue weighted by molar-refractivity contribution is 7.16. The molecule has 1 saturated heterocycles. The minimum Gasteiger partial charge on any atom is -0.348 e. The predicted molar refractivity (Wildman–Crippen MR) is 85.1 cm³/mol. The van der Waals surface area contributed by atoms with Crippen LogP contribution in [0.3, 0.4) is 0 Å². The zero-order valence-corrected chi connectivity index (χ0v) is 12.9. The summed E-state index contributed by atoms with van der Waals surface area (Å²) in [4.78, 5) is 8.47. The lowest BCUT2D eigenvalue weighted by Crippen LogP contribution is -2.29. The van der Waals surface area contributed by atoms with Crippen LogP contribution in [-0.4, -0.2) is 31.2 Å². The van der Waals surface area contributed by atoms with Gasteiger partial charge in [0.1, 0.15) is 0 Å². The van der Waals surface area contributed by atoms with Crippen molar-refractivity contribution < 1.29 is 0 Å². The minimum absolute atomic E-state index is 0.949. The molecule has 1 N–H and O–H groups in total. The summed E-state index contributed by atoms with van der Waals surface area (Å²) in [6.07, 6.45) is 9.60. The summed E-state index contributed by atoms with van der Waals surface area (Å²) in [6, 6.07) is 0. The Morgan fingerprint density at radius 1 is 1.32 bits per heavy atom. The smallest absolute Gasteiger partial charge is 0.186 e. The lowest BCUT2D eigenvalue weighted by Gasteiger charge is -2.25. The molecule has 0 radical (unpaired) electrons. The van der Waals surface area contributed by atoms with Crippen LogP contribution in [-0.2, 0) is 0 Å². The van der Waals surface area contributed by atoms with Crippen molar-refractivity contribution in [1.82, 2.24) is 10.3 Å². The lowest BCUT2D eigenvalue weighted by atomic mass is 10.1. The molecule has 1 aromatic rings. The Hall–Kier alpha value is -0.870. The maximum absolute atomic E-state index is 4.72. The standard InChI is InChI=1S/C15H25N3S/c1-3-9-16-10-7-8-14-13(2)17-15(19-14)18-11-5-4-6-12-18/h7-8,16H,3-6,9-12H2,1-2H3. The average Bonchev–Trinajstić information content (AvgIpc) is 2.81. The van der Waals surface area contributed by atoms with Crippen LogP contribution in [0.5, 0.6) is 0 Å². The molecule has 1 aliphatic heterocycles. The van der Waals surface area contributed by atoms with E-state index in [0.29, 0.717) is 0 Å². The Morgan fingerprint density at radius 2 is 2.11 bits per heavy atom. The molecule has 3 nitrogen and oxygen atoms in total. The molecule has 2 rings (SSSR count). The number of aromatic nitrogens is 1. The summed E-state index contributed by atoms with van der Waals surface area (Å²) in [6.45, 7) is 8.69. The van der Waals surface area contributed by atoms with Gasteiger partial charge in [-0.1, -0.05) is 24.3 Å². The number of piperidine rings is 1. The Balaban J connectivity index is 1.92. The van der Waals surface area contributed by atoms with Crippen molar-refractivity contribution in [2.45, 2.75) is 39.5 Å². The summed E-state index contributed by atoms with van der Waals surface area (Å²) in [5, 5.41) is 4.59. The van der Waals surface area contributed by atoms with Gasteiger partial charge in [0.25, 0.3) is 0 Å². The van der Waals surface area contributed by atoms with Crippen molar-refractivity contribution in [1.29, 1.82) is 0 Å². The highest BCUT2D eigenvalue weighted by atomic mass is 32.1. The van der Waals surface area contributed by atoms with Crippen LogP contribution in [0.1, 0.15) is 43.2 Å². The zero-order valence-electron chi connectivity index (χ0n) is 12.1. The molecule has 19 heavy (non-hydrogen) atoms. The molecule has 0 saturated carbocycles. The number of rotatable bonds is 6. The van der Waals surface area contributed by atoms with Gasteiger partial charge < -0.3 is 10.2 Å². The second kappa shape index (κ2) is 7.65. The Labute approximate surface area is 120 Å². The molecule has 0 unspecified atom stereocenters. The largest absolute Gasteiger partial charge is 0.348 e. The fraction of sp³-hybridized carbons (Fsp3) is 0.667. The van der Waals surface area contributed by atoms with Crippen LogP contribution in [0.2, 0.25) is 0 Å². The molecule has 4 heteroatoms. The van der Waals surface area contributed by atoms with Gasteiger partial charge in [-0.15, -0.1) is 0 Å². The number of nitrogens with zero attached hydrogens (tertiary/aromatic N) is 2. The fourth-order valence-corrected chi connectivity index (χ4v) is 3.35. The van der Waals surface area contributed by atoms with Gasteiger partial charge in [0.15, 0.2) is 5.13 Å². The maximum Gasteiger partial charge on any atom is 0.186 e. The van der Waals surface area contributed by atoms with E-state index in [9.17, 15) is 0 Å². The molecule has 0 bridgehead atoms. The number of aryl methyl sites for hydroxylation is 1. The van der Waals surface area contributed by atoms with E-state index >= 15 is 0 Å². The molecule has 0 amide bonds. The highest BCUT2D eigenvalue weighted by Crippen LogP contribution is 2.28. The van der Waals surface area contributed by atoms with E-state index in [0.717, 1.165) is 18.8 Å². The van der Waals surface area contributed by atoms with Crippen molar-refractivity contribution in [3.05, 3.63) is 16.6 Å². The predicted octanol–water partition coefficient (Wildman–Crippen LogP) is 3.45. The van der Waals surface area contributed by atoms with E-state index in [4.69, 9.17) is 4.98 Å². The van der Waals surface area contributed by atoms with Crippen molar-refractivity contribution in [2.24, 2.45) is 0 Å². The second-order valence-corrected chi connectivity index (χ2v) is 6.11. The Bertz CT molecular complexity index is 406. The molecule has 106 valence electrons. The first-order valence-corrected chi connectivity index (χ1v) is 8.22. The van der Waals surface area contributed by atoms with E-state index in [-0.39, 0.29) is 0 Å². The first-order chi connectivity index (χ1) is 9.31. The number of nitrogens with one attached hydrogen (secondary N) is 1. The fourth-order valence-electron chi connectivity index (χ4n) is 2.30. The van der Waals surface area contributed by atoms with Crippen molar-refractivity contribution >= 4 is 22.5 Å². The van der Waals surface area contributed by atoms with Gasteiger partial charge in [-0.25, -0.2) is 4.98 Å². The summed E-state index contributed by atoms with van der Waals surface area (Å²) >= 11 is 1.83. The van der Waals surface area contributed by atoms with Gasteiger partial charge in [-0.3, -0.25) is 0 Å². The number of hydrogen-bond donors (Lipinski definition) is 1. The topological polar surface area (TPSA) is 28.2 Å². The quantitative estimate of drug-likeness (QED) is 0.808. The summed E-state index contributed by atoms with van der Waals surface area (Å²) in [5.74, 6) is 0. The van der Waals surface area contributed by atoms with E-state index in [1.807, 2.05) is 11.3 Å².